The highest BCUT2D eigenvalue weighted by Gasteiger charge is 1.99. The van der Waals surface area contributed by atoms with Crippen molar-refractivity contribution in [2.45, 2.75) is 39.0 Å². The number of hydrogen-bond donors (Lipinski definition) is 0. The Labute approximate surface area is 68.4 Å². The number of amidine groups is 1. The third-order valence-corrected chi connectivity index (χ3v) is 1.85. The van der Waals surface area contributed by atoms with E-state index >= 15 is 0 Å². The lowest BCUT2D eigenvalue weighted by Gasteiger charge is -1.96. The van der Waals surface area contributed by atoms with Gasteiger partial charge in [0.2, 0.25) is 0 Å². The molecule has 0 atom stereocenters. The number of nitrogens with zero attached hydrogens (tertiary/aromatic N) is 2. The molecule has 0 saturated carbocycles. The van der Waals surface area contributed by atoms with Crippen LogP contribution in [0.1, 0.15) is 39.0 Å². The summed E-state index contributed by atoms with van der Waals surface area (Å²) >= 11 is 0. The zero-order valence-electron chi connectivity index (χ0n) is 7.21. The molecule has 2 heteroatoms. The first-order valence-electron chi connectivity index (χ1n) is 4.49. The topological polar surface area (TPSA) is 24.7 Å². The van der Waals surface area contributed by atoms with Gasteiger partial charge in [-0.1, -0.05) is 26.2 Å². The molecule has 0 spiro atoms. The highest BCUT2D eigenvalue weighted by molar-refractivity contribution is 5.94. The summed E-state index contributed by atoms with van der Waals surface area (Å²) in [6.07, 6.45) is 8.19. The van der Waals surface area contributed by atoms with Crippen LogP contribution in [0.3, 0.4) is 0 Å². The van der Waals surface area contributed by atoms with Gasteiger partial charge in [-0.2, -0.15) is 0 Å². The summed E-state index contributed by atoms with van der Waals surface area (Å²) in [7, 11) is 0. The van der Waals surface area contributed by atoms with Gasteiger partial charge in [0, 0.05) is 12.6 Å². The molecule has 11 heavy (non-hydrogen) atoms. The van der Waals surface area contributed by atoms with Crippen LogP contribution in [-0.2, 0) is 0 Å². The van der Waals surface area contributed by atoms with Crippen molar-refractivity contribution < 1.29 is 0 Å². The van der Waals surface area contributed by atoms with E-state index in [4.69, 9.17) is 0 Å². The molecule has 0 amide bonds. The van der Waals surface area contributed by atoms with Crippen LogP contribution < -0.4 is 0 Å². The molecular formula is C9H16N2. The van der Waals surface area contributed by atoms with Gasteiger partial charge in [0.25, 0.3) is 0 Å². The van der Waals surface area contributed by atoms with Crippen molar-refractivity contribution in [3.8, 4) is 0 Å². The Morgan fingerprint density at radius 2 is 2.27 bits per heavy atom. The maximum atomic E-state index is 4.23. The second-order valence-corrected chi connectivity index (χ2v) is 2.88. The Kier molecular flexibility index (Phi) is 3.87. The molecule has 1 aliphatic heterocycles. The fraction of sp³-hybridized carbons (Fsp3) is 0.778. The van der Waals surface area contributed by atoms with Crippen LogP contribution in [0, 0.1) is 0 Å². The van der Waals surface area contributed by atoms with Gasteiger partial charge in [-0.05, 0) is 6.42 Å². The molecular weight excluding hydrogens is 136 g/mol. The summed E-state index contributed by atoms with van der Waals surface area (Å²) in [5, 5.41) is 0. The van der Waals surface area contributed by atoms with E-state index in [9.17, 15) is 0 Å². The first-order chi connectivity index (χ1) is 5.43. The van der Waals surface area contributed by atoms with Crippen molar-refractivity contribution in [2.75, 3.05) is 6.54 Å². The molecule has 0 N–H and O–H groups in total. The van der Waals surface area contributed by atoms with Crippen LogP contribution in [0.5, 0.6) is 0 Å². The summed E-state index contributed by atoms with van der Waals surface area (Å²) in [4.78, 5) is 8.39. The smallest absolute Gasteiger partial charge is 0.123 e. The van der Waals surface area contributed by atoms with Crippen molar-refractivity contribution in [2.24, 2.45) is 9.98 Å². The Morgan fingerprint density at radius 1 is 1.36 bits per heavy atom. The molecule has 0 aromatic carbocycles. The molecule has 2 nitrogen and oxygen atoms in total. The van der Waals surface area contributed by atoms with Gasteiger partial charge in [-0.3, -0.25) is 4.99 Å². The Morgan fingerprint density at radius 3 is 2.91 bits per heavy atom. The second-order valence-electron chi connectivity index (χ2n) is 2.88. The average Bonchev–Trinajstić information content (AvgIpc) is 2.50. The van der Waals surface area contributed by atoms with Crippen LogP contribution in [0.4, 0.5) is 0 Å². The molecule has 1 rings (SSSR count). The van der Waals surface area contributed by atoms with Crippen LogP contribution >= 0.6 is 0 Å². The molecule has 1 aliphatic rings. The van der Waals surface area contributed by atoms with Crippen molar-refractivity contribution in [1.29, 1.82) is 0 Å². The van der Waals surface area contributed by atoms with Crippen molar-refractivity contribution in [3.05, 3.63) is 0 Å². The number of aliphatic imine (C=N–C) groups is 2. The van der Waals surface area contributed by atoms with E-state index in [0.717, 1.165) is 18.8 Å². The molecule has 0 radical (unpaired) electrons. The lowest BCUT2D eigenvalue weighted by atomic mass is 10.1. The lowest BCUT2D eigenvalue weighted by molar-refractivity contribution is 0.682. The Bertz CT molecular complexity index is 159. The SMILES string of the molecule is CCCCCCC1=NCC=N1. The fourth-order valence-corrected chi connectivity index (χ4v) is 1.19. The molecule has 0 unspecified atom stereocenters. The second kappa shape index (κ2) is 5.05. The van der Waals surface area contributed by atoms with Crippen LogP contribution in [0.25, 0.3) is 0 Å². The highest BCUT2D eigenvalue weighted by atomic mass is 15.0. The summed E-state index contributed by atoms with van der Waals surface area (Å²) in [5.74, 6) is 1.06. The predicted molar refractivity (Wildman–Crippen MR) is 49.6 cm³/mol. The van der Waals surface area contributed by atoms with Gasteiger partial charge >= 0.3 is 0 Å². The van der Waals surface area contributed by atoms with E-state index in [0.29, 0.717) is 0 Å². The van der Waals surface area contributed by atoms with E-state index in [1.54, 1.807) is 0 Å². The fourth-order valence-electron chi connectivity index (χ4n) is 1.19. The van der Waals surface area contributed by atoms with E-state index < -0.39 is 0 Å². The molecule has 1 heterocycles. The van der Waals surface area contributed by atoms with Gasteiger partial charge in [0.15, 0.2) is 0 Å². The minimum absolute atomic E-state index is 0.809. The van der Waals surface area contributed by atoms with Crippen LogP contribution in [0.2, 0.25) is 0 Å². The minimum atomic E-state index is 0.809. The summed E-state index contributed by atoms with van der Waals surface area (Å²) in [5.41, 5.74) is 0. The third-order valence-electron chi connectivity index (χ3n) is 1.85. The monoisotopic (exact) mass is 152 g/mol. The zero-order valence-corrected chi connectivity index (χ0v) is 7.21. The predicted octanol–water partition coefficient (Wildman–Crippen LogP) is 2.44. The van der Waals surface area contributed by atoms with E-state index in [1.165, 1.54) is 25.7 Å². The van der Waals surface area contributed by atoms with Gasteiger partial charge < -0.3 is 0 Å². The maximum absolute atomic E-state index is 4.23. The molecule has 0 bridgehead atoms. The quantitative estimate of drug-likeness (QED) is 0.540. The molecule has 0 saturated heterocycles. The van der Waals surface area contributed by atoms with Crippen molar-refractivity contribution in [1.82, 2.24) is 0 Å². The first-order valence-corrected chi connectivity index (χ1v) is 4.49. The molecule has 0 aromatic heterocycles. The average molecular weight is 152 g/mol. The van der Waals surface area contributed by atoms with Gasteiger partial charge in [0.1, 0.15) is 5.84 Å². The Hall–Kier alpha value is -0.660. The summed E-state index contributed by atoms with van der Waals surface area (Å²) < 4.78 is 0. The van der Waals surface area contributed by atoms with Gasteiger partial charge in [-0.25, -0.2) is 4.99 Å². The van der Waals surface area contributed by atoms with Crippen molar-refractivity contribution in [3.63, 3.8) is 0 Å². The maximum Gasteiger partial charge on any atom is 0.123 e. The molecule has 0 aromatic rings. The molecule has 0 aliphatic carbocycles. The normalized spacial score (nSPS) is 15.5. The van der Waals surface area contributed by atoms with Gasteiger partial charge in [0.05, 0.1) is 6.54 Å². The number of unbranched alkanes of at least 4 members (excludes halogenated alkanes) is 3. The third kappa shape index (κ3) is 3.30. The minimum Gasteiger partial charge on any atom is -0.265 e. The van der Waals surface area contributed by atoms with Crippen LogP contribution in [-0.4, -0.2) is 18.6 Å². The number of hydrogen-bond acceptors (Lipinski definition) is 2. The van der Waals surface area contributed by atoms with Crippen molar-refractivity contribution >= 4 is 12.1 Å². The Balaban J connectivity index is 1.99. The summed E-state index contributed by atoms with van der Waals surface area (Å²) in [6.45, 7) is 3.04. The molecule has 0 fully saturated rings. The van der Waals surface area contributed by atoms with E-state index in [2.05, 4.69) is 16.9 Å². The number of rotatable bonds is 5. The lowest BCUT2D eigenvalue weighted by Crippen LogP contribution is -1.89. The standard InChI is InChI=1S/C9H16N2/c1-2-3-4-5-6-9-10-7-8-11-9/h7H,2-6,8H2,1H3. The van der Waals surface area contributed by atoms with E-state index in [1.807, 2.05) is 6.21 Å². The van der Waals surface area contributed by atoms with E-state index in [-0.39, 0.29) is 0 Å². The zero-order chi connectivity index (χ0) is 7.94. The molecule has 62 valence electrons. The summed E-state index contributed by atoms with van der Waals surface area (Å²) in [6, 6.07) is 0. The van der Waals surface area contributed by atoms with Crippen LogP contribution in [0.15, 0.2) is 9.98 Å². The largest absolute Gasteiger partial charge is 0.265 e. The first kappa shape index (κ1) is 8.44. The van der Waals surface area contributed by atoms with Gasteiger partial charge in [-0.15, -0.1) is 0 Å². The highest BCUT2D eigenvalue weighted by Crippen LogP contribution is 2.05.